The molecule has 2 heterocycles. The van der Waals surface area contributed by atoms with Crippen molar-refractivity contribution in [3.8, 4) is 0 Å². The molecular formula is C17H20N4O. The number of carbonyl (C=O) groups is 1. The van der Waals surface area contributed by atoms with Crippen LogP contribution in [0.25, 0.3) is 11.2 Å². The molecule has 1 fully saturated rings. The van der Waals surface area contributed by atoms with E-state index in [0.29, 0.717) is 30.3 Å². The number of hydrogen-bond acceptors (Lipinski definition) is 3. The van der Waals surface area contributed by atoms with Gasteiger partial charge < -0.3 is 10.3 Å². The minimum absolute atomic E-state index is 0.111. The quantitative estimate of drug-likeness (QED) is 0.831. The Labute approximate surface area is 129 Å². The van der Waals surface area contributed by atoms with Gasteiger partial charge in [0, 0.05) is 25.6 Å². The molecule has 114 valence electrons. The number of nitrogens with one attached hydrogen (secondary N) is 2. The van der Waals surface area contributed by atoms with Gasteiger partial charge in [-0.15, -0.1) is 0 Å². The Bertz CT molecular complexity index is 687. The maximum absolute atomic E-state index is 12.0. The van der Waals surface area contributed by atoms with Crippen molar-refractivity contribution in [2.45, 2.75) is 25.7 Å². The molecular weight excluding hydrogens is 276 g/mol. The average molecular weight is 296 g/mol. The first-order chi connectivity index (χ1) is 10.8. The zero-order valence-corrected chi connectivity index (χ0v) is 12.5. The number of rotatable bonds is 5. The molecule has 22 heavy (non-hydrogen) atoms. The number of nitrogens with zero attached hydrogens (tertiary/aromatic N) is 2. The summed E-state index contributed by atoms with van der Waals surface area (Å²) in [5.41, 5.74) is 1.64. The van der Waals surface area contributed by atoms with Crippen molar-refractivity contribution in [3.05, 3.63) is 36.3 Å². The standard InChI is InChI=1S/C17H20N4O/c22-16(19-10-13-9-11-3-4-12(13)8-11)6-5-15-20-14-2-1-7-18-17(14)21-15/h1-4,7,11-13H,5-6,8-10H2,(H,19,22)(H,18,20,21)/t11-,12+,13-/m1/s1. The highest BCUT2D eigenvalue weighted by atomic mass is 16.1. The van der Waals surface area contributed by atoms with Crippen LogP contribution < -0.4 is 5.32 Å². The largest absolute Gasteiger partial charge is 0.356 e. The number of imidazole rings is 1. The van der Waals surface area contributed by atoms with E-state index in [4.69, 9.17) is 0 Å². The van der Waals surface area contributed by atoms with Crippen molar-refractivity contribution in [2.24, 2.45) is 17.8 Å². The second-order valence-corrected chi connectivity index (χ2v) is 6.40. The molecule has 0 unspecified atom stereocenters. The van der Waals surface area contributed by atoms with E-state index in [9.17, 15) is 4.79 Å². The molecule has 3 atom stereocenters. The van der Waals surface area contributed by atoms with E-state index in [2.05, 4.69) is 32.4 Å². The van der Waals surface area contributed by atoms with E-state index in [1.54, 1.807) is 6.20 Å². The fourth-order valence-corrected chi connectivity index (χ4v) is 3.71. The van der Waals surface area contributed by atoms with Crippen LogP contribution in [-0.2, 0) is 11.2 Å². The van der Waals surface area contributed by atoms with E-state index < -0.39 is 0 Å². The van der Waals surface area contributed by atoms with E-state index in [1.807, 2.05) is 12.1 Å². The molecule has 5 heteroatoms. The maximum Gasteiger partial charge on any atom is 0.220 e. The van der Waals surface area contributed by atoms with Gasteiger partial charge in [-0.2, -0.15) is 0 Å². The molecule has 2 aliphatic rings. The minimum atomic E-state index is 0.111. The van der Waals surface area contributed by atoms with Crippen LogP contribution in [0.15, 0.2) is 30.5 Å². The molecule has 0 aromatic carbocycles. The monoisotopic (exact) mass is 296 g/mol. The molecule has 5 nitrogen and oxygen atoms in total. The number of aromatic amines is 1. The molecule has 2 aromatic rings. The fourth-order valence-electron chi connectivity index (χ4n) is 3.71. The van der Waals surface area contributed by atoms with Crippen LogP contribution in [-0.4, -0.2) is 27.4 Å². The van der Waals surface area contributed by atoms with Crippen LogP contribution >= 0.6 is 0 Å². The first-order valence-corrected chi connectivity index (χ1v) is 8.02. The first-order valence-electron chi connectivity index (χ1n) is 8.02. The van der Waals surface area contributed by atoms with Gasteiger partial charge in [0.15, 0.2) is 5.65 Å². The van der Waals surface area contributed by atoms with E-state index in [-0.39, 0.29) is 5.91 Å². The van der Waals surface area contributed by atoms with E-state index >= 15 is 0 Å². The number of carbonyl (C=O) groups excluding carboxylic acids is 1. The number of aromatic nitrogens is 3. The topological polar surface area (TPSA) is 70.7 Å². The number of amides is 1. The van der Waals surface area contributed by atoms with Gasteiger partial charge in [-0.05, 0) is 42.7 Å². The Hall–Kier alpha value is -2.17. The van der Waals surface area contributed by atoms with Crippen LogP contribution in [0.2, 0.25) is 0 Å². The van der Waals surface area contributed by atoms with Crippen LogP contribution in [0.1, 0.15) is 25.1 Å². The lowest BCUT2D eigenvalue weighted by molar-refractivity contribution is -0.121. The van der Waals surface area contributed by atoms with Gasteiger partial charge in [0.1, 0.15) is 5.82 Å². The van der Waals surface area contributed by atoms with Gasteiger partial charge in [-0.3, -0.25) is 4.79 Å². The lowest BCUT2D eigenvalue weighted by Gasteiger charge is -2.18. The third-order valence-corrected chi connectivity index (χ3v) is 4.87. The number of hydrogen-bond donors (Lipinski definition) is 2. The summed E-state index contributed by atoms with van der Waals surface area (Å²) in [5.74, 6) is 3.02. The number of allylic oxidation sites excluding steroid dienone is 2. The summed E-state index contributed by atoms with van der Waals surface area (Å²) in [5, 5.41) is 3.08. The number of aryl methyl sites for hydroxylation is 1. The predicted octanol–water partition coefficient (Wildman–Crippen LogP) is 2.22. The summed E-state index contributed by atoms with van der Waals surface area (Å²) >= 11 is 0. The third-order valence-electron chi connectivity index (χ3n) is 4.87. The zero-order valence-electron chi connectivity index (χ0n) is 12.5. The Morgan fingerprint density at radius 1 is 1.36 bits per heavy atom. The Morgan fingerprint density at radius 3 is 3.09 bits per heavy atom. The molecule has 0 radical (unpaired) electrons. The second kappa shape index (κ2) is 5.55. The Kier molecular flexibility index (Phi) is 3.41. The van der Waals surface area contributed by atoms with E-state index in [1.165, 1.54) is 12.8 Å². The lowest BCUT2D eigenvalue weighted by Crippen LogP contribution is -2.31. The summed E-state index contributed by atoms with van der Waals surface area (Å²) < 4.78 is 0. The van der Waals surface area contributed by atoms with Crippen LogP contribution in [0.5, 0.6) is 0 Å². The summed E-state index contributed by atoms with van der Waals surface area (Å²) in [7, 11) is 0. The van der Waals surface area contributed by atoms with Crippen molar-refractivity contribution >= 4 is 17.1 Å². The maximum atomic E-state index is 12.0. The third kappa shape index (κ3) is 2.63. The SMILES string of the molecule is O=C(CCc1nc2ncccc2[nH]1)NC[C@H]1C[C@@H]2C=C[C@H]1C2. The highest BCUT2D eigenvalue weighted by molar-refractivity contribution is 5.76. The fraction of sp³-hybridized carbons (Fsp3) is 0.471. The molecule has 4 rings (SSSR count). The van der Waals surface area contributed by atoms with Crippen molar-refractivity contribution in [1.29, 1.82) is 0 Å². The van der Waals surface area contributed by atoms with Crippen LogP contribution in [0.3, 0.4) is 0 Å². The van der Waals surface area contributed by atoms with Gasteiger partial charge in [0.05, 0.1) is 5.52 Å². The average Bonchev–Trinajstić information content (AvgIpc) is 3.24. The second-order valence-electron chi connectivity index (χ2n) is 6.40. The van der Waals surface area contributed by atoms with Gasteiger partial charge in [0.25, 0.3) is 0 Å². The molecule has 0 aliphatic heterocycles. The number of pyridine rings is 1. The van der Waals surface area contributed by atoms with E-state index in [0.717, 1.165) is 23.8 Å². The number of H-pyrrole nitrogens is 1. The first kappa shape index (κ1) is 13.5. The molecule has 1 amide bonds. The molecule has 2 bridgehead atoms. The molecule has 0 saturated heterocycles. The lowest BCUT2D eigenvalue weighted by atomic mass is 9.93. The Balaban J connectivity index is 1.26. The predicted molar refractivity (Wildman–Crippen MR) is 84.1 cm³/mol. The summed E-state index contributed by atoms with van der Waals surface area (Å²) in [6, 6.07) is 3.82. The summed E-state index contributed by atoms with van der Waals surface area (Å²) in [6.07, 6.45) is 9.99. The van der Waals surface area contributed by atoms with Gasteiger partial charge in [0.2, 0.25) is 5.91 Å². The zero-order chi connectivity index (χ0) is 14.9. The van der Waals surface area contributed by atoms with Crippen molar-refractivity contribution in [2.75, 3.05) is 6.54 Å². The van der Waals surface area contributed by atoms with Gasteiger partial charge >= 0.3 is 0 Å². The summed E-state index contributed by atoms with van der Waals surface area (Å²) in [4.78, 5) is 23.8. The smallest absolute Gasteiger partial charge is 0.220 e. The normalized spacial score (nSPS) is 25.9. The molecule has 1 saturated carbocycles. The van der Waals surface area contributed by atoms with Crippen molar-refractivity contribution in [1.82, 2.24) is 20.3 Å². The van der Waals surface area contributed by atoms with Crippen molar-refractivity contribution in [3.63, 3.8) is 0 Å². The molecule has 2 aliphatic carbocycles. The summed E-state index contributed by atoms with van der Waals surface area (Å²) in [6.45, 7) is 0.812. The minimum Gasteiger partial charge on any atom is -0.356 e. The molecule has 0 spiro atoms. The Morgan fingerprint density at radius 2 is 2.32 bits per heavy atom. The molecule has 2 aromatic heterocycles. The highest BCUT2D eigenvalue weighted by Crippen LogP contribution is 2.42. The van der Waals surface area contributed by atoms with Gasteiger partial charge in [-0.1, -0.05) is 12.2 Å². The van der Waals surface area contributed by atoms with Crippen LogP contribution in [0, 0.1) is 17.8 Å². The van der Waals surface area contributed by atoms with Crippen molar-refractivity contribution < 1.29 is 4.79 Å². The van der Waals surface area contributed by atoms with Gasteiger partial charge in [-0.25, -0.2) is 9.97 Å². The number of fused-ring (bicyclic) bond motifs is 3. The van der Waals surface area contributed by atoms with Crippen LogP contribution in [0.4, 0.5) is 0 Å². The molecule has 2 N–H and O–H groups in total. The highest BCUT2D eigenvalue weighted by Gasteiger charge is 2.35.